The topological polar surface area (TPSA) is 58.6 Å². The van der Waals surface area contributed by atoms with Gasteiger partial charge in [0, 0.05) is 11.3 Å². The van der Waals surface area contributed by atoms with E-state index in [1.165, 1.54) is 4.88 Å². The van der Waals surface area contributed by atoms with Gasteiger partial charge in [-0.25, -0.2) is 0 Å². The Morgan fingerprint density at radius 2 is 2.05 bits per heavy atom. The van der Waals surface area contributed by atoms with E-state index in [2.05, 4.69) is 5.32 Å². The number of benzene rings is 1. The molecule has 0 spiro atoms. The molecular formula is C17H21NO3S. The number of nitrogens with one attached hydrogen (secondary N) is 1. The first kappa shape index (κ1) is 16.5. The largest absolute Gasteiger partial charge is 0.497 e. The Bertz CT molecular complexity index is 580. The molecule has 1 heterocycles. The fraction of sp³-hybridized carbons (Fsp3) is 0.353. The summed E-state index contributed by atoms with van der Waals surface area (Å²) >= 11 is 1.65. The summed E-state index contributed by atoms with van der Waals surface area (Å²) in [5, 5.41) is 15.2. The van der Waals surface area contributed by atoms with Crippen LogP contribution in [0.5, 0.6) is 5.75 Å². The lowest BCUT2D eigenvalue weighted by atomic mass is 10.0. The zero-order valence-corrected chi connectivity index (χ0v) is 13.6. The van der Waals surface area contributed by atoms with Gasteiger partial charge in [0.15, 0.2) is 0 Å². The Kier molecular flexibility index (Phi) is 5.98. The number of rotatable bonds is 7. The Hall–Kier alpha value is -1.85. The van der Waals surface area contributed by atoms with Crippen LogP contribution in [0.25, 0.3) is 0 Å². The van der Waals surface area contributed by atoms with Gasteiger partial charge in [-0.2, -0.15) is 0 Å². The lowest BCUT2D eigenvalue weighted by molar-refractivity contribution is -0.122. The quantitative estimate of drug-likeness (QED) is 0.825. The van der Waals surface area contributed by atoms with Crippen molar-refractivity contribution in [3.63, 3.8) is 0 Å². The summed E-state index contributed by atoms with van der Waals surface area (Å²) in [4.78, 5) is 13.1. The van der Waals surface area contributed by atoms with Gasteiger partial charge in [0.2, 0.25) is 5.91 Å². The third-order valence-electron chi connectivity index (χ3n) is 3.50. The minimum atomic E-state index is -0.739. The number of aliphatic hydroxyl groups is 1. The molecular weight excluding hydrogens is 298 g/mol. The van der Waals surface area contributed by atoms with E-state index in [4.69, 9.17) is 4.74 Å². The van der Waals surface area contributed by atoms with Gasteiger partial charge in [-0.15, -0.1) is 11.3 Å². The predicted octanol–water partition coefficient (Wildman–Crippen LogP) is 2.93. The fourth-order valence-corrected chi connectivity index (χ4v) is 2.90. The molecule has 0 aliphatic carbocycles. The smallest absolute Gasteiger partial charge is 0.220 e. The molecule has 2 N–H and O–H groups in total. The molecule has 4 nitrogen and oxygen atoms in total. The van der Waals surface area contributed by atoms with Crippen LogP contribution in [0.15, 0.2) is 41.8 Å². The van der Waals surface area contributed by atoms with Gasteiger partial charge in [0.1, 0.15) is 5.75 Å². The number of aryl methyl sites for hydroxylation is 1. The number of hydrogen-bond acceptors (Lipinski definition) is 4. The average Bonchev–Trinajstić information content (AvgIpc) is 3.05. The second kappa shape index (κ2) is 7.96. The van der Waals surface area contributed by atoms with Crippen molar-refractivity contribution < 1.29 is 14.6 Å². The molecule has 0 aliphatic rings. The zero-order chi connectivity index (χ0) is 15.9. The van der Waals surface area contributed by atoms with Crippen LogP contribution in [0.2, 0.25) is 0 Å². The summed E-state index contributed by atoms with van der Waals surface area (Å²) in [6.07, 6.45) is 0.422. The number of ether oxygens (including phenoxy) is 1. The van der Waals surface area contributed by atoms with E-state index in [9.17, 15) is 9.90 Å². The molecule has 2 unspecified atom stereocenters. The number of amides is 1. The highest BCUT2D eigenvalue weighted by atomic mass is 32.1. The van der Waals surface area contributed by atoms with Crippen molar-refractivity contribution >= 4 is 17.2 Å². The molecule has 2 atom stereocenters. The Morgan fingerprint density at radius 3 is 2.64 bits per heavy atom. The minimum absolute atomic E-state index is 0.0477. The summed E-state index contributed by atoms with van der Waals surface area (Å²) in [7, 11) is 1.60. The first-order valence-corrected chi connectivity index (χ1v) is 8.12. The Labute approximate surface area is 134 Å². The van der Waals surface area contributed by atoms with Crippen molar-refractivity contribution in [1.82, 2.24) is 5.32 Å². The van der Waals surface area contributed by atoms with Gasteiger partial charge in [-0.1, -0.05) is 18.2 Å². The predicted molar refractivity (Wildman–Crippen MR) is 88.2 cm³/mol. The Balaban J connectivity index is 1.84. The fourth-order valence-electron chi connectivity index (χ4n) is 2.19. The maximum atomic E-state index is 11.9. The molecule has 1 amide bonds. The maximum absolute atomic E-state index is 11.9. The van der Waals surface area contributed by atoms with E-state index >= 15 is 0 Å². The molecule has 0 radical (unpaired) electrons. The summed E-state index contributed by atoms with van der Waals surface area (Å²) in [6.45, 7) is 1.80. The molecule has 5 heteroatoms. The lowest BCUT2D eigenvalue weighted by Crippen LogP contribution is -2.37. The first-order chi connectivity index (χ1) is 10.6. The third kappa shape index (κ3) is 4.58. The van der Waals surface area contributed by atoms with Gasteiger partial charge < -0.3 is 15.2 Å². The first-order valence-electron chi connectivity index (χ1n) is 7.24. The second-order valence-electron chi connectivity index (χ2n) is 5.15. The van der Waals surface area contributed by atoms with Crippen LogP contribution in [0.1, 0.15) is 29.9 Å². The second-order valence-corrected chi connectivity index (χ2v) is 6.19. The van der Waals surface area contributed by atoms with Gasteiger partial charge in [0.25, 0.3) is 0 Å². The summed E-state index contributed by atoms with van der Waals surface area (Å²) in [5.41, 5.74) is 0.756. The van der Waals surface area contributed by atoms with Crippen LogP contribution in [-0.4, -0.2) is 24.2 Å². The highest BCUT2D eigenvalue weighted by Gasteiger charge is 2.18. The normalized spacial score (nSPS) is 13.4. The van der Waals surface area contributed by atoms with Gasteiger partial charge in [-0.3, -0.25) is 4.79 Å². The van der Waals surface area contributed by atoms with Crippen LogP contribution in [-0.2, 0) is 11.2 Å². The van der Waals surface area contributed by atoms with Crippen LogP contribution >= 0.6 is 11.3 Å². The highest BCUT2D eigenvalue weighted by Crippen LogP contribution is 2.20. The summed E-state index contributed by atoms with van der Waals surface area (Å²) in [6, 6.07) is 10.9. The monoisotopic (exact) mass is 319 g/mol. The van der Waals surface area contributed by atoms with Crippen LogP contribution in [0.3, 0.4) is 0 Å². The summed E-state index contributed by atoms with van der Waals surface area (Å²) in [5.74, 6) is 0.692. The molecule has 0 saturated carbocycles. The van der Waals surface area contributed by atoms with Crippen molar-refractivity contribution in [1.29, 1.82) is 0 Å². The van der Waals surface area contributed by atoms with Crippen LogP contribution in [0, 0.1) is 0 Å². The summed E-state index contributed by atoms with van der Waals surface area (Å²) < 4.78 is 5.09. The van der Waals surface area contributed by atoms with E-state index in [-0.39, 0.29) is 11.9 Å². The van der Waals surface area contributed by atoms with E-state index in [1.54, 1.807) is 49.6 Å². The van der Waals surface area contributed by atoms with E-state index < -0.39 is 6.10 Å². The molecule has 2 aromatic rings. The van der Waals surface area contributed by atoms with Gasteiger partial charge in [0.05, 0.1) is 19.3 Å². The number of carbonyl (C=O) groups is 1. The molecule has 1 aromatic heterocycles. The molecule has 0 saturated heterocycles. The SMILES string of the molecule is COc1ccc(C(O)C(C)NC(=O)CCc2cccs2)cc1. The van der Waals surface area contributed by atoms with E-state index in [0.717, 1.165) is 17.7 Å². The number of methoxy groups -OCH3 is 1. The lowest BCUT2D eigenvalue weighted by Gasteiger charge is -2.20. The van der Waals surface area contributed by atoms with Crippen LogP contribution < -0.4 is 10.1 Å². The average molecular weight is 319 g/mol. The number of thiophene rings is 1. The van der Waals surface area contributed by atoms with Gasteiger partial charge >= 0.3 is 0 Å². The molecule has 22 heavy (non-hydrogen) atoms. The zero-order valence-electron chi connectivity index (χ0n) is 12.8. The number of hydrogen-bond donors (Lipinski definition) is 2. The molecule has 0 aliphatic heterocycles. The van der Waals surface area contributed by atoms with Crippen LogP contribution in [0.4, 0.5) is 0 Å². The van der Waals surface area contributed by atoms with Crippen molar-refractivity contribution in [2.75, 3.05) is 7.11 Å². The number of carbonyl (C=O) groups excluding carboxylic acids is 1. The van der Waals surface area contributed by atoms with Crippen molar-refractivity contribution in [3.8, 4) is 5.75 Å². The third-order valence-corrected chi connectivity index (χ3v) is 4.43. The van der Waals surface area contributed by atoms with Gasteiger partial charge in [-0.05, 0) is 42.5 Å². The standard InChI is InChI=1S/C17H21NO3S/c1-12(17(20)13-5-7-14(21-2)8-6-13)18-16(19)10-9-15-4-3-11-22-15/h3-8,11-12,17,20H,9-10H2,1-2H3,(H,18,19). The highest BCUT2D eigenvalue weighted by molar-refractivity contribution is 7.09. The number of aliphatic hydroxyl groups excluding tert-OH is 1. The molecule has 2 rings (SSSR count). The van der Waals surface area contributed by atoms with Crippen molar-refractivity contribution in [2.24, 2.45) is 0 Å². The molecule has 1 aromatic carbocycles. The Morgan fingerprint density at radius 1 is 1.32 bits per heavy atom. The maximum Gasteiger partial charge on any atom is 0.220 e. The minimum Gasteiger partial charge on any atom is -0.497 e. The van der Waals surface area contributed by atoms with E-state index in [0.29, 0.717) is 6.42 Å². The molecule has 0 fully saturated rings. The molecule has 118 valence electrons. The van der Waals surface area contributed by atoms with E-state index in [1.807, 2.05) is 17.5 Å². The van der Waals surface area contributed by atoms with Crippen molar-refractivity contribution in [3.05, 3.63) is 52.2 Å². The van der Waals surface area contributed by atoms with Crippen molar-refractivity contribution in [2.45, 2.75) is 31.9 Å². The molecule has 0 bridgehead atoms.